The van der Waals surface area contributed by atoms with E-state index in [9.17, 15) is 0 Å². The van der Waals surface area contributed by atoms with Crippen LogP contribution in [0.1, 0.15) is 205 Å². The summed E-state index contributed by atoms with van der Waals surface area (Å²) >= 11 is 0. The average Bonchev–Trinajstić information content (AvgIpc) is 3.58. The van der Waals surface area contributed by atoms with Crippen molar-refractivity contribution in [2.75, 3.05) is 0 Å². The Balaban J connectivity index is 1.64. The van der Waals surface area contributed by atoms with E-state index in [4.69, 9.17) is 0 Å². The van der Waals surface area contributed by atoms with Gasteiger partial charge in [-0.2, -0.15) is 0 Å². The van der Waals surface area contributed by atoms with Crippen LogP contribution >= 0.6 is 0 Å². The fourth-order valence-electron chi connectivity index (χ4n) is 7.24. The maximum atomic E-state index is 4.47. The van der Waals surface area contributed by atoms with Crippen molar-refractivity contribution < 1.29 is 0 Å². The molecule has 0 amide bonds. The number of unbranched alkanes of at least 4 members (excludes halogenated alkanes) is 24. The van der Waals surface area contributed by atoms with E-state index in [1.807, 2.05) is 6.20 Å². The Kier molecular flexibility index (Phi) is 25.3. The first-order valence-corrected chi connectivity index (χ1v) is 19.9. The average molecular weight is 607 g/mol. The summed E-state index contributed by atoms with van der Waals surface area (Å²) in [5.41, 5.74) is 1.50. The van der Waals surface area contributed by atoms with Gasteiger partial charge in [0.15, 0.2) is 0 Å². The van der Waals surface area contributed by atoms with Crippen LogP contribution in [-0.4, -0.2) is 9.55 Å². The molecule has 2 aromatic rings. The Bertz CT molecular complexity index is 814. The topological polar surface area (TPSA) is 17.8 Å². The highest BCUT2D eigenvalue weighted by atomic mass is 15.1. The number of nitrogens with zero attached hydrogens (tertiary/aromatic N) is 2. The molecular weight excluding hydrogens is 532 g/mol. The first-order valence-electron chi connectivity index (χ1n) is 19.9. The molecule has 0 fully saturated rings. The van der Waals surface area contributed by atoms with Crippen LogP contribution < -0.4 is 0 Å². The van der Waals surface area contributed by atoms with Crippen LogP contribution in [0.25, 0.3) is 0 Å². The molecule has 1 aromatic carbocycles. The van der Waals surface area contributed by atoms with Crippen LogP contribution in [0.3, 0.4) is 0 Å². The second kappa shape index (κ2) is 28.9. The van der Waals surface area contributed by atoms with Crippen LogP contribution in [0.15, 0.2) is 49.1 Å². The minimum atomic E-state index is 0.573. The quantitative estimate of drug-likeness (QED) is 0.0757. The Morgan fingerprint density at radius 2 is 0.909 bits per heavy atom. The molecule has 0 aliphatic carbocycles. The lowest BCUT2D eigenvalue weighted by Crippen LogP contribution is -2.21. The summed E-state index contributed by atoms with van der Waals surface area (Å²) in [4.78, 5) is 4.47. The van der Waals surface area contributed by atoms with Crippen molar-refractivity contribution in [3.63, 3.8) is 0 Å². The van der Waals surface area contributed by atoms with Gasteiger partial charge in [-0.3, -0.25) is 0 Å². The van der Waals surface area contributed by atoms with Gasteiger partial charge in [-0.15, -0.1) is 0 Å². The van der Waals surface area contributed by atoms with Crippen molar-refractivity contribution >= 4 is 0 Å². The third-order valence-electron chi connectivity index (χ3n) is 10.1. The lowest BCUT2D eigenvalue weighted by molar-refractivity contribution is 0.275. The zero-order chi connectivity index (χ0) is 31.2. The van der Waals surface area contributed by atoms with Gasteiger partial charge < -0.3 is 4.57 Å². The molecule has 2 unspecified atom stereocenters. The first kappa shape index (κ1) is 38.6. The molecule has 0 bridgehead atoms. The van der Waals surface area contributed by atoms with Gasteiger partial charge in [0.05, 0.1) is 6.33 Å². The predicted octanol–water partition coefficient (Wildman–Crippen LogP) is 14.2. The van der Waals surface area contributed by atoms with Crippen LogP contribution in [-0.2, 0) is 6.42 Å². The number of benzene rings is 1. The van der Waals surface area contributed by atoms with Crippen LogP contribution in [0.4, 0.5) is 0 Å². The highest BCUT2D eigenvalue weighted by molar-refractivity contribution is 5.15. The van der Waals surface area contributed by atoms with E-state index in [0.717, 1.165) is 0 Å². The molecule has 2 heteroatoms. The molecule has 1 aromatic heterocycles. The fourth-order valence-corrected chi connectivity index (χ4v) is 7.24. The molecular formula is C42H74N2. The molecule has 0 radical (unpaired) electrons. The third kappa shape index (κ3) is 20.5. The summed E-state index contributed by atoms with van der Waals surface area (Å²) < 4.78 is 2.45. The zero-order valence-corrected chi connectivity index (χ0v) is 29.7. The molecule has 0 aliphatic rings. The van der Waals surface area contributed by atoms with E-state index in [1.165, 1.54) is 192 Å². The standard InChI is InChI=1S/C42H74N2/c1-3-5-7-9-11-13-14-15-16-17-18-19-20-22-23-25-30-34-41(38-40-32-28-27-29-33-40)42(44-37-36-43-39-44)35-31-26-24-21-12-10-8-6-4-2/h27-29,32-33,36-37,39,41-42H,3-26,30-31,34-35,38H2,1-2H3. The summed E-state index contributed by atoms with van der Waals surface area (Å²) in [6.07, 6.45) is 47.3. The molecule has 0 N–H and O–H groups in total. The number of hydrogen-bond acceptors (Lipinski definition) is 1. The highest BCUT2D eigenvalue weighted by Gasteiger charge is 2.23. The monoisotopic (exact) mass is 607 g/mol. The first-order chi connectivity index (χ1) is 21.8. The lowest BCUT2D eigenvalue weighted by Gasteiger charge is -2.29. The number of imidazole rings is 1. The van der Waals surface area contributed by atoms with Crippen LogP contribution in [0, 0.1) is 5.92 Å². The van der Waals surface area contributed by atoms with Gasteiger partial charge in [0, 0.05) is 18.4 Å². The van der Waals surface area contributed by atoms with Gasteiger partial charge in [-0.1, -0.05) is 211 Å². The highest BCUT2D eigenvalue weighted by Crippen LogP contribution is 2.32. The maximum Gasteiger partial charge on any atom is 0.0948 e. The largest absolute Gasteiger partial charge is 0.334 e. The van der Waals surface area contributed by atoms with E-state index in [2.05, 4.69) is 66.3 Å². The van der Waals surface area contributed by atoms with Gasteiger partial charge in [0.25, 0.3) is 0 Å². The number of aromatic nitrogens is 2. The van der Waals surface area contributed by atoms with Crippen molar-refractivity contribution in [1.29, 1.82) is 0 Å². The lowest BCUT2D eigenvalue weighted by atomic mass is 9.84. The SMILES string of the molecule is CCCCCCCCCCCCCCCCCCCC(Cc1ccccc1)C(CCCCCCCCCCC)n1ccnc1. The molecule has 2 rings (SSSR count). The minimum absolute atomic E-state index is 0.573. The van der Waals surface area contributed by atoms with Crippen molar-refractivity contribution in [2.45, 2.75) is 206 Å². The fraction of sp³-hybridized carbons (Fsp3) is 0.786. The van der Waals surface area contributed by atoms with Crippen LogP contribution in [0.2, 0.25) is 0 Å². The molecule has 0 spiro atoms. The Morgan fingerprint density at radius 3 is 1.32 bits per heavy atom. The molecule has 2 atom stereocenters. The molecule has 0 saturated carbocycles. The van der Waals surface area contributed by atoms with E-state index in [-0.39, 0.29) is 0 Å². The van der Waals surface area contributed by atoms with E-state index < -0.39 is 0 Å². The Morgan fingerprint density at radius 1 is 0.500 bits per heavy atom. The van der Waals surface area contributed by atoms with Crippen molar-refractivity contribution in [3.05, 3.63) is 54.6 Å². The van der Waals surface area contributed by atoms with Crippen molar-refractivity contribution in [3.8, 4) is 0 Å². The maximum absolute atomic E-state index is 4.47. The molecule has 252 valence electrons. The van der Waals surface area contributed by atoms with Gasteiger partial charge in [0.2, 0.25) is 0 Å². The number of hydrogen-bond donors (Lipinski definition) is 0. The zero-order valence-electron chi connectivity index (χ0n) is 29.7. The summed E-state index contributed by atoms with van der Waals surface area (Å²) in [6, 6.07) is 11.8. The molecule has 0 saturated heterocycles. The molecule has 2 nitrogen and oxygen atoms in total. The second-order valence-corrected chi connectivity index (χ2v) is 14.1. The van der Waals surface area contributed by atoms with Crippen LogP contribution in [0.5, 0.6) is 0 Å². The number of rotatable bonds is 32. The minimum Gasteiger partial charge on any atom is -0.334 e. The summed E-state index contributed by atoms with van der Waals surface area (Å²) in [5, 5.41) is 0. The second-order valence-electron chi connectivity index (χ2n) is 14.1. The summed E-state index contributed by atoms with van der Waals surface area (Å²) in [6.45, 7) is 4.62. The van der Waals surface area contributed by atoms with E-state index >= 15 is 0 Å². The van der Waals surface area contributed by atoms with Gasteiger partial charge in [0.1, 0.15) is 0 Å². The Hall–Kier alpha value is -1.57. The molecule has 0 aliphatic heterocycles. The smallest absolute Gasteiger partial charge is 0.0948 e. The molecule has 1 heterocycles. The van der Waals surface area contributed by atoms with E-state index in [1.54, 1.807) is 0 Å². The molecule has 44 heavy (non-hydrogen) atoms. The van der Waals surface area contributed by atoms with Gasteiger partial charge in [-0.25, -0.2) is 4.98 Å². The third-order valence-corrected chi connectivity index (χ3v) is 10.1. The summed E-state index contributed by atoms with van der Waals surface area (Å²) in [5.74, 6) is 0.692. The predicted molar refractivity (Wildman–Crippen MR) is 196 cm³/mol. The normalized spacial score (nSPS) is 13.0. The van der Waals surface area contributed by atoms with E-state index in [0.29, 0.717) is 12.0 Å². The van der Waals surface area contributed by atoms with Crippen molar-refractivity contribution in [2.24, 2.45) is 5.92 Å². The van der Waals surface area contributed by atoms with Gasteiger partial charge >= 0.3 is 0 Å². The Labute approximate surface area is 275 Å². The van der Waals surface area contributed by atoms with Crippen molar-refractivity contribution in [1.82, 2.24) is 9.55 Å². The van der Waals surface area contributed by atoms with Gasteiger partial charge in [-0.05, 0) is 30.7 Å². The summed E-state index contributed by atoms with van der Waals surface area (Å²) in [7, 11) is 0.